The lowest BCUT2D eigenvalue weighted by molar-refractivity contribution is -0.597. The number of unbranched alkanes of at least 4 members (excludes halogenated alkanes) is 5. The quantitative estimate of drug-likeness (QED) is 0.295. The van der Waals surface area contributed by atoms with E-state index in [1.54, 1.807) is 24.3 Å². The summed E-state index contributed by atoms with van der Waals surface area (Å²) >= 11 is -0.330. The summed E-state index contributed by atoms with van der Waals surface area (Å²) in [4.78, 5) is 0. The van der Waals surface area contributed by atoms with Gasteiger partial charge < -0.3 is 4.55 Å². The normalized spacial score (nSPS) is 11.0. The van der Waals surface area contributed by atoms with Crippen LogP contribution in [0.15, 0.2) is 48.5 Å². The molecule has 0 bridgehead atoms. The van der Waals surface area contributed by atoms with Crippen molar-refractivity contribution < 1.29 is 43.0 Å². The van der Waals surface area contributed by atoms with Crippen molar-refractivity contribution in [2.75, 3.05) is 5.75 Å². The van der Waals surface area contributed by atoms with E-state index in [4.69, 9.17) is 0 Å². The van der Waals surface area contributed by atoms with E-state index in [1.165, 1.54) is 37.1 Å². The lowest BCUT2D eigenvalue weighted by Gasteiger charge is -2.05. The molecule has 27 heavy (non-hydrogen) atoms. The van der Waals surface area contributed by atoms with E-state index in [0.29, 0.717) is 6.42 Å². The highest BCUT2D eigenvalue weighted by Crippen LogP contribution is 2.05. The summed E-state index contributed by atoms with van der Waals surface area (Å²) < 4.78 is 58.0. The Labute approximate surface area is 171 Å². The molecule has 2 rings (SSSR count). The van der Waals surface area contributed by atoms with Crippen LogP contribution in [-0.4, -0.2) is 18.7 Å². The fraction of sp³-hybridized carbons (Fsp3) is 0.400. The van der Waals surface area contributed by atoms with Crippen LogP contribution in [0.25, 0.3) is 0 Å². The highest BCUT2D eigenvalue weighted by atomic mass is 127. The monoisotopic (exact) mass is 510 g/mol. The fourth-order valence-corrected chi connectivity index (χ4v) is 4.89. The standard InChI is InChI=1S/C12H8F2I.C8H18O3S/c13-9-1-5-11(6-2-9)15-12-7-3-10(14)4-8-12;1-2-3-4-5-6-7-8-12(9,10)11/h1-8H;2-8H2,1H3,(H,9,10,11)/q+1;/p-1. The molecule has 0 aromatic heterocycles. The van der Waals surface area contributed by atoms with Gasteiger partial charge in [-0.05, 0) is 55.0 Å². The first-order valence-corrected chi connectivity index (χ1v) is 12.6. The van der Waals surface area contributed by atoms with Crippen molar-refractivity contribution in [1.29, 1.82) is 0 Å². The van der Waals surface area contributed by atoms with Gasteiger partial charge in [0.1, 0.15) is 11.6 Å². The lowest BCUT2D eigenvalue weighted by Crippen LogP contribution is -3.61. The van der Waals surface area contributed by atoms with Gasteiger partial charge in [-0.1, -0.05) is 39.0 Å². The SMILES string of the molecule is CCCCCCCCS(=O)(=O)[O-].Fc1ccc([I+]c2ccc(F)cc2)cc1. The van der Waals surface area contributed by atoms with Crippen molar-refractivity contribution in [3.05, 3.63) is 67.3 Å². The summed E-state index contributed by atoms with van der Waals surface area (Å²) in [5, 5.41) is 0. The third kappa shape index (κ3) is 12.9. The van der Waals surface area contributed by atoms with E-state index >= 15 is 0 Å². The Morgan fingerprint density at radius 2 is 1.19 bits per heavy atom. The molecule has 0 amide bonds. The van der Waals surface area contributed by atoms with Crippen molar-refractivity contribution in [2.45, 2.75) is 45.4 Å². The van der Waals surface area contributed by atoms with Crippen LogP contribution in [0.1, 0.15) is 45.4 Å². The maximum absolute atomic E-state index is 12.6. The van der Waals surface area contributed by atoms with Crippen molar-refractivity contribution in [1.82, 2.24) is 0 Å². The topological polar surface area (TPSA) is 57.2 Å². The molecule has 0 atom stereocenters. The van der Waals surface area contributed by atoms with Gasteiger partial charge in [0.2, 0.25) is 0 Å². The Hall–Kier alpha value is -1.06. The van der Waals surface area contributed by atoms with Crippen molar-refractivity contribution in [2.24, 2.45) is 0 Å². The van der Waals surface area contributed by atoms with Crippen LogP contribution in [-0.2, 0) is 10.1 Å². The molecule has 2 aromatic carbocycles. The van der Waals surface area contributed by atoms with E-state index in [0.717, 1.165) is 26.4 Å². The van der Waals surface area contributed by atoms with Crippen LogP contribution in [0.2, 0.25) is 0 Å². The molecular weight excluding hydrogens is 485 g/mol. The van der Waals surface area contributed by atoms with E-state index in [1.807, 2.05) is 0 Å². The first kappa shape index (κ1) is 24.0. The first-order valence-electron chi connectivity index (χ1n) is 8.89. The number of hydrogen-bond donors (Lipinski definition) is 0. The number of halogens is 3. The number of benzene rings is 2. The van der Waals surface area contributed by atoms with Gasteiger partial charge >= 0.3 is 21.2 Å². The fourth-order valence-electron chi connectivity index (χ4n) is 2.17. The van der Waals surface area contributed by atoms with Gasteiger partial charge in [0.05, 0.1) is 10.1 Å². The van der Waals surface area contributed by atoms with Crippen LogP contribution < -0.4 is 21.2 Å². The summed E-state index contributed by atoms with van der Waals surface area (Å²) in [5.74, 6) is -0.636. The van der Waals surface area contributed by atoms with E-state index in [9.17, 15) is 21.8 Å². The molecule has 0 unspecified atom stereocenters. The van der Waals surface area contributed by atoms with Gasteiger partial charge in [-0.2, -0.15) is 0 Å². The predicted octanol–water partition coefficient (Wildman–Crippen LogP) is 1.99. The molecule has 0 spiro atoms. The Morgan fingerprint density at radius 1 is 0.778 bits per heavy atom. The smallest absolute Gasteiger partial charge is 0.357 e. The minimum Gasteiger partial charge on any atom is -0.748 e. The molecule has 0 saturated heterocycles. The van der Waals surface area contributed by atoms with Gasteiger partial charge in [0, 0.05) is 5.75 Å². The van der Waals surface area contributed by atoms with E-state index in [2.05, 4.69) is 6.92 Å². The second-order valence-corrected chi connectivity index (χ2v) is 10.6. The molecule has 150 valence electrons. The highest BCUT2D eigenvalue weighted by molar-refractivity contribution is 7.85. The van der Waals surface area contributed by atoms with Crippen LogP contribution in [0.4, 0.5) is 8.78 Å². The molecule has 0 aliphatic carbocycles. The Bertz CT molecular complexity index is 704. The third-order valence-corrected chi connectivity index (χ3v) is 7.05. The van der Waals surface area contributed by atoms with Crippen LogP contribution in [0.3, 0.4) is 0 Å². The van der Waals surface area contributed by atoms with E-state index in [-0.39, 0.29) is 38.6 Å². The van der Waals surface area contributed by atoms with Crippen molar-refractivity contribution in [3.8, 4) is 0 Å². The minimum atomic E-state index is -3.97. The summed E-state index contributed by atoms with van der Waals surface area (Å²) in [6.07, 6.45) is 5.96. The molecule has 0 aliphatic rings. The molecule has 0 N–H and O–H groups in total. The molecule has 3 nitrogen and oxygen atoms in total. The largest absolute Gasteiger partial charge is 0.748 e. The van der Waals surface area contributed by atoms with Gasteiger partial charge in [0.25, 0.3) is 0 Å². The first-order chi connectivity index (χ1) is 12.8. The summed E-state index contributed by atoms with van der Waals surface area (Å²) in [6, 6.07) is 13.0. The molecule has 0 heterocycles. The zero-order chi connectivity index (χ0) is 20.1. The number of rotatable bonds is 9. The van der Waals surface area contributed by atoms with Crippen LogP contribution >= 0.6 is 0 Å². The number of hydrogen-bond acceptors (Lipinski definition) is 3. The third-order valence-electron chi connectivity index (χ3n) is 3.57. The molecule has 0 fully saturated rings. The Kier molecular flexibility index (Phi) is 11.7. The average molecular weight is 510 g/mol. The maximum Gasteiger partial charge on any atom is 0.357 e. The lowest BCUT2D eigenvalue weighted by atomic mass is 10.1. The van der Waals surface area contributed by atoms with Crippen molar-refractivity contribution >= 4 is 10.1 Å². The predicted molar refractivity (Wildman–Crippen MR) is 98.1 cm³/mol. The molecule has 0 radical (unpaired) electrons. The molecular formula is C20H25F2IO3S. The zero-order valence-corrected chi connectivity index (χ0v) is 18.3. The zero-order valence-electron chi connectivity index (χ0n) is 15.3. The van der Waals surface area contributed by atoms with Crippen LogP contribution in [0.5, 0.6) is 0 Å². The molecule has 7 heteroatoms. The molecule has 2 aromatic rings. The second-order valence-electron chi connectivity index (χ2n) is 6.00. The van der Waals surface area contributed by atoms with Crippen molar-refractivity contribution in [3.63, 3.8) is 0 Å². The molecule has 0 aliphatic heterocycles. The summed E-state index contributed by atoms with van der Waals surface area (Å²) in [7, 11) is -3.97. The van der Waals surface area contributed by atoms with Gasteiger partial charge in [-0.15, -0.1) is 0 Å². The Balaban J connectivity index is 0.000000279. The summed E-state index contributed by atoms with van der Waals surface area (Å²) in [6.45, 7) is 2.13. The van der Waals surface area contributed by atoms with Gasteiger partial charge in [-0.3, -0.25) is 0 Å². The maximum atomic E-state index is 12.6. The van der Waals surface area contributed by atoms with E-state index < -0.39 is 10.1 Å². The van der Waals surface area contributed by atoms with Crippen LogP contribution in [0, 0.1) is 18.8 Å². The van der Waals surface area contributed by atoms with Gasteiger partial charge in [0.15, 0.2) is 7.14 Å². The molecule has 0 saturated carbocycles. The summed E-state index contributed by atoms with van der Waals surface area (Å²) in [5.41, 5.74) is 0. The highest BCUT2D eigenvalue weighted by Gasteiger charge is 2.14. The second kappa shape index (κ2) is 13.2. The average Bonchev–Trinajstić information content (AvgIpc) is 2.62. The van der Waals surface area contributed by atoms with Gasteiger partial charge in [-0.25, -0.2) is 17.2 Å². The Morgan fingerprint density at radius 3 is 1.59 bits per heavy atom. The minimum absolute atomic E-state index is 0.195.